The lowest BCUT2D eigenvalue weighted by molar-refractivity contribution is -0.150. The molecule has 31 heavy (non-hydrogen) atoms. The Morgan fingerprint density at radius 2 is 1.42 bits per heavy atom. The van der Waals surface area contributed by atoms with Crippen LogP contribution in [0.25, 0.3) is 0 Å². The second-order valence-electron chi connectivity index (χ2n) is 6.85. The highest BCUT2D eigenvalue weighted by atomic mass is 16.6. The first-order chi connectivity index (χ1) is 15.1. The smallest absolute Gasteiger partial charge is 0.344 e. The van der Waals surface area contributed by atoms with E-state index in [0.29, 0.717) is 17.9 Å². The van der Waals surface area contributed by atoms with Crippen LogP contribution in [0.1, 0.15) is 17.2 Å². The van der Waals surface area contributed by atoms with Crippen LogP contribution in [0.5, 0.6) is 11.5 Å². The molecule has 1 amide bonds. The lowest BCUT2D eigenvalue weighted by atomic mass is 9.99. The molecule has 3 aromatic carbocycles. The molecule has 1 atom stereocenters. The molecular weight excluding hydrogens is 394 g/mol. The Labute approximate surface area is 181 Å². The second kappa shape index (κ2) is 11.4. The predicted molar refractivity (Wildman–Crippen MR) is 117 cm³/mol. The summed E-state index contributed by atoms with van der Waals surface area (Å²) in [4.78, 5) is 24.4. The Hall–Kier alpha value is -3.80. The molecular formula is C25H25NO5. The molecule has 0 heterocycles. The summed E-state index contributed by atoms with van der Waals surface area (Å²) in [6, 6.07) is 26.2. The lowest BCUT2D eigenvalue weighted by Gasteiger charge is -2.19. The first kappa shape index (κ1) is 21.9. The highest BCUT2D eigenvalue weighted by molar-refractivity contribution is 5.81. The van der Waals surface area contributed by atoms with Gasteiger partial charge in [-0.05, 0) is 41.8 Å². The van der Waals surface area contributed by atoms with E-state index in [0.717, 1.165) is 11.1 Å². The number of benzene rings is 3. The van der Waals surface area contributed by atoms with E-state index in [1.165, 1.54) is 0 Å². The molecule has 0 aromatic heterocycles. The van der Waals surface area contributed by atoms with Crippen LogP contribution >= 0.6 is 0 Å². The topological polar surface area (TPSA) is 73.9 Å². The zero-order valence-electron chi connectivity index (χ0n) is 17.3. The molecule has 0 aliphatic heterocycles. The van der Waals surface area contributed by atoms with Gasteiger partial charge >= 0.3 is 5.97 Å². The highest BCUT2D eigenvalue weighted by Crippen LogP contribution is 2.19. The van der Waals surface area contributed by atoms with Gasteiger partial charge in [0.25, 0.3) is 5.91 Å². The Morgan fingerprint density at radius 1 is 0.806 bits per heavy atom. The summed E-state index contributed by atoms with van der Waals surface area (Å²) >= 11 is 0. The Morgan fingerprint density at radius 3 is 2.06 bits per heavy atom. The average Bonchev–Trinajstić information content (AvgIpc) is 2.82. The minimum Gasteiger partial charge on any atom is -0.497 e. The van der Waals surface area contributed by atoms with Gasteiger partial charge in [0.05, 0.1) is 13.2 Å². The van der Waals surface area contributed by atoms with Crippen molar-refractivity contribution in [3.8, 4) is 11.5 Å². The molecule has 0 spiro atoms. The number of rotatable bonds is 10. The fourth-order valence-electron chi connectivity index (χ4n) is 3.03. The van der Waals surface area contributed by atoms with Gasteiger partial charge in [-0.1, -0.05) is 60.7 Å². The zero-order chi connectivity index (χ0) is 21.9. The normalized spacial score (nSPS) is 11.3. The van der Waals surface area contributed by atoms with E-state index in [2.05, 4.69) is 5.32 Å². The summed E-state index contributed by atoms with van der Waals surface area (Å²) in [5.74, 6) is 0.206. The quantitative estimate of drug-likeness (QED) is 0.507. The van der Waals surface area contributed by atoms with Gasteiger partial charge in [-0.2, -0.15) is 0 Å². The molecule has 0 saturated carbocycles. The summed E-state index contributed by atoms with van der Waals surface area (Å²) in [5, 5.41) is 2.95. The van der Waals surface area contributed by atoms with E-state index >= 15 is 0 Å². The van der Waals surface area contributed by atoms with Crippen LogP contribution in [0.3, 0.4) is 0 Å². The molecule has 6 nitrogen and oxygen atoms in total. The molecule has 0 fully saturated rings. The third kappa shape index (κ3) is 7.19. The van der Waals surface area contributed by atoms with Crippen molar-refractivity contribution < 1.29 is 23.8 Å². The Bertz CT molecular complexity index is 958. The molecule has 0 aliphatic carbocycles. The minimum atomic E-state index is -0.620. The number of carbonyl (C=O) groups excluding carboxylic acids is 2. The average molecular weight is 419 g/mol. The van der Waals surface area contributed by atoms with Crippen molar-refractivity contribution in [2.45, 2.75) is 12.5 Å². The van der Waals surface area contributed by atoms with Gasteiger partial charge in [0.1, 0.15) is 11.5 Å². The van der Waals surface area contributed by atoms with Gasteiger partial charge in [0, 0.05) is 0 Å². The summed E-state index contributed by atoms with van der Waals surface area (Å²) in [6.07, 6.45) is 0.630. The van der Waals surface area contributed by atoms with Crippen LogP contribution in [0.4, 0.5) is 0 Å². The predicted octanol–water partition coefficient (Wildman–Crippen LogP) is 3.72. The van der Waals surface area contributed by atoms with Gasteiger partial charge in [-0.25, -0.2) is 4.79 Å². The maximum absolute atomic E-state index is 12.4. The minimum absolute atomic E-state index is 0.231. The third-order valence-corrected chi connectivity index (χ3v) is 4.60. The fraction of sp³-hybridized carbons (Fsp3) is 0.200. The van der Waals surface area contributed by atoms with Crippen molar-refractivity contribution in [3.63, 3.8) is 0 Å². The highest BCUT2D eigenvalue weighted by Gasteiger charge is 2.16. The van der Waals surface area contributed by atoms with Crippen LogP contribution in [-0.4, -0.2) is 32.2 Å². The maximum Gasteiger partial charge on any atom is 0.344 e. The summed E-state index contributed by atoms with van der Waals surface area (Å²) in [6.45, 7) is -0.658. The van der Waals surface area contributed by atoms with Crippen molar-refractivity contribution in [2.24, 2.45) is 0 Å². The lowest BCUT2D eigenvalue weighted by Crippen LogP contribution is -2.34. The molecule has 0 aliphatic rings. The van der Waals surface area contributed by atoms with Crippen molar-refractivity contribution in [2.75, 3.05) is 20.3 Å². The zero-order valence-corrected chi connectivity index (χ0v) is 17.3. The number of esters is 1. The van der Waals surface area contributed by atoms with Gasteiger partial charge in [-0.3, -0.25) is 4.79 Å². The number of carbonyl (C=O) groups is 2. The SMILES string of the molecule is COc1ccc(OCC(=O)OCC(=O)N[C@@H](Cc2ccccc2)c2ccccc2)cc1. The third-order valence-electron chi connectivity index (χ3n) is 4.60. The number of ether oxygens (including phenoxy) is 3. The summed E-state index contributed by atoms with van der Waals surface area (Å²) in [7, 11) is 1.57. The monoisotopic (exact) mass is 419 g/mol. The van der Waals surface area contributed by atoms with E-state index in [-0.39, 0.29) is 25.2 Å². The Kier molecular flexibility index (Phi) is 8.05. The van der Waals surface area contributed by atoms with E-state index in [1.807, 2.05) is 60.7 Å². The molecule has 3 rings (SSSR count). The van der Waals surface area contributed by atoms with E-state index in [4.69, 9.17) is 14.2 Å². The van der Waals surface area contributed by atoms with Gasteiger partial charge in [0.2, 0.25) is 0 Å². The molecule has 0 radical (unpaired) electrons. The van der Waals surface area contributed by atoms with E-state index < -0.39 is 5.97 Å². The first-order valence-electron chi connectivity index (χ1n) is 9.95. The molecule has 0 unspecified atom stereocenters. The van der Waals surface area contributed by atoms with Gasteiger partial charge in [0.15, 0.2) is 13.2 Å². The van der Waals surface area contributed by atoms with Crippen molar-refractivity contribution >= 4 is 11.9 Å². The molecule has 0 saturated heterocycles. The second-order valence-corrected chi connectivity index (χ2v) is 6.85. The summed E-state index contributed by atoms with van der Waals surface area (Å²) < 4.78 is 15.5. The summed E-state index contributed by atoms with van der Waals surface area (Å²) in [5.41, 5.74) is 2.08. The molecule has 3 aromatic rings. The number of amides is 1. The van der Waals surface area contributed by atoms with Crippen LogP contribution < -0.4 is 14.8 Å². The van der Waals surface area contributed by atoms with Crippen molar-refractivity contribution in [1.29, 1.82) is 0 Å². The maximum atomic E-state index is 12.4. The first-order valence-corrected chi connectivity index (χ1v) is 9.95. The number of hydrogen-bond donors (Lipinski definition) is 1. The van der Waals surface area contributed by atoms with Crippen molar-refractivity contribution in [1.82, 2.24) is 5.32 Å². The standard InChI is InChI=1S/C25H25NO5/c1-29-21-12-14-22(15-13-21)30-18-25(28)31-17-24(27)26-23(20-10-6-3-7-11-20)16-19-8-4-2-5-9-19/h2-15,23H,16-18H2,1H3,(H,26,27)/t23-/m0/s1. The molecule has 160 valence electrons. The van der Waals surface area contributed by atoms with E-state index in [1.54, 1.807) is 31.4 Å². The van der Waals surface area contributed by atoms with Gasteiger partial charge in [-0.15, -0.1) is 0 Å². The van der Waals surface area contributed by atoms with Crippen LogP contribution in [-0.2, 0) is 20.7 Å². The number of hydrogen-bond acceptors (Lipinski definition) is 5. The van der Waals surface area contributed by atoms with Crippen LogP contribution in [0.2, 0.25) is 0 Å². The number of methoxy groups -OCH3 is 1. The largest absolute Gasteiger partial charge is 0.497 e. The van der Waals surface area contributed by atoms with E-state index in [9.17, 15) is 9.59 Å². The molecule has 6 heteroatoms. The van der Waals surface area contributed by atoms with Crippen LogP contribution in [0, 0.1) is 0 Å². The number of nitrogens with one attached hydrogen (secondary N) is 1. The Balaban J connectivity index is 1.49. The van der Waals surface area contributed by atoms with Gasteiger partial charge < -0.3 is 19.5 Å². The molecule has 0 bridgehead atoms. The van der Waals surface area contributed by atoms with Crippen LogP contribution in [0.15, 0.2) is 84.9 Å². The fourth-order valence-corrected chi connectivity index (χ4v) is 3.03. The van der Waals surface area contributed by atoms with Crippen molar-refractivity contribution in [3.05, 3.63) is 96.1 Å². The molecule has 1 N–H and O–H groups in total.